The Balaban J connectivity index is 1.54. The van der Waals surface area contributed by atoms with Crippen molar-refractivity contribution in [3.63, 3.8) is 0 Å². The third-order valence-corrected chi connectivity index (χ3v) is 4.69. The smallest absolute Gasteiger partial charge is 0.381 e. The summed E-state index contributed by atoms with van der Waals surface area (Å²) in [6, 6.07) is 19.8. The maximum atomic E-state index is 12.8. The molecule has 31 heavy (non-hydrogen) atoms. The summed E-state index contributed by atoms with van der Waals surface area (Å²) >= 11 is 0. The molecule has 154 valence electrons. The highest BCUT2D eigenvalue weighted by atomic mass is 19.4. The van der Waals surface area contributed by atoms with Gasteiger partial charge in [0.2, 0.25) is 0 Å². The Labute approximate surface area is 176 Å². The van der Waals surface area contributed by atoms with Crippen LogP contribution < -0.4 is 10.6 Å². The molecule has 1 heterocycles. The molecule has 0 amide bonds. The standard InChI is InChI=1S/C23H16F3N5/c24-23(25,26)17-5-7-18(8-6-17)31-22-20-11-19(9-10-21(20)29-14-30-22)28-13-16-3-1-15(12-27)2-4-16/h1-11,14,28H,13H2,(H,29,30,31). The van der Waals surface area contributed by atoms with E-state index in [4.69, 9.17) is 5.26 Å². The van der Waals surface area contributed by atoms with Gasteiger partial charge >= 0.3 is 6.18 Å². The van der Waals surface area contributed by atoms with Crippen molar-refractivity contribution in [1.29, 1.82) is 5.26 Å². The number of anilines is 3. The number of nitriles is 1. The van der Waals surface area contributed by atoms with E-state index in [1.165, 1.54) is 18.5 Å². The van der Waals surface area contributed by atoms with Crippen molar-refractivity contribution < 1.29 is 13.2 Å². The van der Waals surface area contributed by atoms with Crippen LogP contribution in [0, 0.1) is 11.3 Å². The number of hydrogen-bond donors (Lipinski definition) is 2. The van der Waals surface area contributed by atoms with Gasteiger partial charge in [-0.05, 0) is 60.2 Å². The number of halogens is 3. The fraction of sp³-hybridized carbons (Fsp3) is 0.0870. The van der Waals surface area contributed by atoms with Gasteiger partial charge in [0.15, 0.2) is 0 Å². The lowest BCUT2D eigenvalue weighted by atomic mass is 10.1. The fourth-order valence-corrected chi connectivity index (χ4v) is 3.05. The molecule has 0 saturated carbocycles. The van der Waals surface area contributed by atoms with Crippen LogP contribution >= 0.6 is 0 Å². The average molecular weight is 419 g/mol. The van der Waals surface area contributed by atoms with Crippen LogP contribution in [0.5, 0.6) is 0 Å². The molecule has 2 N–H and O–H groups in total. The van der Waals surface area contributed by atoms with Crippen LogP contribution in [0.15, 0.2) is 73.1 Å². The van der Waals surface area contributed by atoms with Crippen molar-refractivity contribution >= 4 is 28.1 Å². The third kappa shape index (κ3) is 4.73. The quantitative estimate of drug-likeness (QED) is 0.423. The molecule has 0 aliphatic heterocycles. The van der Waals surface area contributed by atoms with Crippen molar-refractivity contribution in [2.75, 3.05) is 10.6 Å². The maximum Gasteiger partial charge on any atom is 0.416 e. The summed E-state index contributed by atoms with van der Waals surface area (Å²) in [6.45, 7) is 0.562. The highest BCUT2D eigenvalue weighted by Crippen LogP contribution is 2.31. The molecule has 8 heteroatoms. The Hall–Kier alpha value is -4.12. The molecule has 5 nitrogen and oxygen atoms in total. The molecule has 0 unspecified atom stereocenters. The lowest BCUT2D eigenvalue weighted by Gasteiger charge is -2.12. The molecule has 4 aromatic rings. The normalized spacial score (nSPS) is 11.2. The highest BCUT2D eigenvalue weighted by molar-refractivity contribution is 5.92. The molecule has 0 aliphatic rings. The predicted octanol–water partition coefficient (Wildman–Crippen LogP) is 5.88. The van der Waals surface area contributed by atoms with Gasteiger partial charge in [0, 0.05) is 23.3 Å². The molecule has 0 fully saturated rings. The first-order valence-electron chi connectivity index (χ1n) is 9.34. The largest absolute Gasteiger partial charge is 0.416 e. The van der Waals surface area contributed by atoms with E-state index in [9.17, 15) is 13.2 Å². The van der Waals surface area contributed by atoms with Gasteiger partial charge in [0.25, 0.3) is 0 Å². The number of fused-ring (bicyclic) bond motifs is 1. The molecule has 1 aromatic heterocycles. The Morgan fingerprint density at radius 1 is 0.871 bits per heavy atom. The molecule has 0 atom stereocenters. The molecule has 0 saturated heterocycles. The van der Waals surface area contributed by atoms with Gasteiger partial charge < -0.3 is 10.6 Å². The number of nitrogens with one attached hydrogen (secondary N) is 2. The van der Waals surface area contributed by atoms with E-state index >= 15 is 0 Å². The second kappa shape index (κ2) is 8.32. The molecule has 0 spiro atoms. The van der Waals surface area contributed by atoms with Crippen LogP contribution in [0.2, 0.25) is 0 Å². The van der Waals surface area contributed by atoms with Crippen molar-refractivity contribution in [3.05, 3.63) is 89.7 Å². The van der Waals surface area contributed by atoms with Gasteiger partial charge in [-0.3, -0.25) is 0 Å². The summed E-state index contributed by atoms with van der Waals surface area (Å²) in [5, 5.41) is 16.0. The first-order valence-corrected chi connectivity index (χ1v) is 9.34. The summed E-state index contributed by atoms with van der Waals surface area (Å²) in [6.07, 6.45) is -2.98. The first-order chi connectivity index (χ1) is 14.9. The molecular formula is C23H16F3N5. The lowest BCUT2D eigenvalue weighted by molar-refractivity contribution is -0.137. The number of alkyl halides is 3. The van der Waals surface area contributed by atoms with E-state index in [1.54, 1.807) is 12.1 Å². The number of hydrogen-bond acceptors (Lipinski definition) is 5. The molecule has 0 aliphatic carbocycles. The summed E-state index contributed by atoms with van der Waals surface area (Å²) < 4.78 is 38.3. The molecule has 0 radical (unpaired) electrons. The lowest BCUT2D eigenvalue weighted by Crippen LogP contribution is -2.04. The fourth-order valence-electron chi connectivity index (χ4n) is 3.05. The summed E-state index contributed by atoms with van der Waals surface area (Å²) in [4.78, 5) is 8.50. The Morgan fingerprint density at radius 2 is 1.58 bits per heavy atom. The second-order valence-corrected chi connectivity index (χ2v) is 6.82. The number of rotatable bonds is 5. The molecule has 3 aromatic carbocycles. The number of aromatic nitrogens is 2. The first kappa shape index (κ1) is 20.2. The zero-order valence-corrected chi connectivity index (χ0v) is 16.1. The highest BCUT2D eigenvalue weighted by Gasteiger charge is 2.29. The van der Waals surface area contributed by atoms with Gasteiger partial charge in [0.05, 0.1) is 22.7 Å². The molecule has 4 rings (SSSR count). The Kier molecular flexibility index (Phi) is 5.41. The summed E-state index contributed by atoms with van der Waals surface area (Å²) in [7, 11) is 0. The monoisotopic (exact) mass is 419 g/mol. The van der Waals surface area contributed by atoms with Gasteiger partial charge in [0.1, 0.15) is 12.1 Å². The van der Waals surface area contributed by atoms with Crippen molar-refractivity contribution in [3.8, 4) is 6.07 Å². The van der Waals surface area contributed by atoms with Crippen LogP contribution in [0.25, 0.3) is 10.9 Å². The summed E-state index contributed by atoms with van der Waals surface area (Å²) in [5.41, 5.74) is 2.94. The van der Waals surface area contributed by atoms with Gasteiger partial charge in [-0.15, -0.1) is 0 Å². The van der Waals surface area contributed by atoms with Crippen LogP contribution in [-0.4, -0.2) is 9.97 Å². The maximum absolute atomic E-state index is 12.8. The second-order valence-electron chi connectivity index (χ2n) is 6.82. The van der Waals surface area contributed by atoms with E-state index in [-0.39, 0.29) is 0 Å². The van der Waals surface area contributed by atoms with Crippen LogP contribution in [0.1, 0.15) is 16.7 Å². The zero-order chi connectivity index (χ0) is 21.8. The number of benzene rings is 3. The Bertz CT molecular complexity index is 1240. The summed E-state index contributed by atoms with van der Waals surface area (Å²) in [5.74, 6) is 0.492. The van der Waals surface area contributed by atoms with Gasteiger partial charge in [-0.1, -0.05) is 12.1 Å². The molecular weight excluding hydrogens is 403 g/mol. The van der Waals surface area contributed by atoms with Crippen LogP contribution in [-0.2, 0) is 12.7 Å². The van der Waals surface area contributed by atoms with E-state index in [0.29, 0.717) is 29.1 Å². The van der Waals surface area contributed by atoms with Gasteiger partial charge in [-0.2, -0.15) is 18.4 Å². The van der Waals surface area contributed by atoms with E-state index in [2.05, 4.69) is 26.7 Å². The minimum absolute atomic E-state index is 0.490. The SMILES string of the molecule is N#Cc1ccc(CNc2ccc3ncnc(Nc4ccc(C(F)(F)F)cc4)c3c2)cc1. The van der Waals surface area contributed by atoms with Crippen molar-refractivity contribution in [2.24, 2.45) is 0 Å². The topological polar surface area (TPSA) is 73.6 Å². The Morgan fingerprint density at radius 3 is 2.26 bits per heavy atom. The minimum atomic E-state index is -4.38. The van der Waals surface area contributed by atoms with E-state index in [1.807, 2.05) is 30.3 Å². The zero-order valence-electron chi connectivity index (χ0n) is 16.1. The molecule has 0 bridgehead atoms. The number of nitrogens with zero attached hydrogens (tertiary/aromatic N) is 3. The minimum Gasteiger partial charge on any atom is -0.381 e. The van der Waals surface area contributed by atoms with E-state index < -0.39 is 11.7 Å². The van der Waals surface area contributed by atoms with Gasteiger partial charge in [-0.25, -0.2) is 9.97 Å². The third-order valence-electron chi connectivity index (χ3n) is 4.69. The van der Waals surface area contributed by atoms with Crippen LogP contribution in [0.4, 0.5) is 30.4 Å². The average Bonchev–Trinajstić information content (AvgIpc) is 2.78. The van der Waals surface area contributed by atoms with Crippen molar-refractivity contribution in [1.82, 2.24) is 9.97 Å². The van der Waals surface area contributed by atoms with Crippen LogP contribution in [0.3, 0.4) is 0 Å². The van der Waals surface area contributed by atoms with E-state index in [0.717, 1.165) is 28.8 Å². The predicted molar refractivity (Wildman–Crippen MR) is 113 cm³/mol. The van der Waals surface area contributed by atoms with Crippen molar-refractivity contribution in [2.45, 2.75) is 12.7 Å².